The molecule has 0 fully saturated rings. The summed E-state index contributed by atoms with van der Waals surface area (Å²) in [6.45, 7) is 0.591. The molecule has 0 amide bonds. The molecular weight excluding hydrogens is 168 g/mol. The number of benzene rings is 1. The Labute approximate surface area is 77.6 Å². The summed E-state index contributed by atoms with van der Waals surface area (Å²) < 4.78 is 10.2. The summed E-state index contributed by atoms with van der Waals surface area (Å²) in [6, 6.07) is 5.63. The number of nitrogens with one attached hydrogen (secondary N) is 1. The molecular formula is C9H14N2O2. The van der Waals surface area contributed by atoms with Gasteiger partial charge in [-0.1, -0.05) is 0 Å². The van der Waals surface area contributed by atoms with Gasteiger partial charge in [-0.2, -0.15) is 0 Å². The molecule has 13 heavy (non-hydrogen) atoms. The second-order valence-electron chi connectivity index (χ2n) is 2.60. The van der Waals surface area contributed by atoms with Crippen molar-refractivity contribution < 1.29 is 9.47 Å². The third kappa shape index (κ3) is 2.61. The van der Waals surface area contributed by atoms with Gasteiger partial charge in [0.25, 0.3) is 0 Å². The number of hydrogen-bond donors (Lipinski definition) is 2. The zero-order valence-corrected chi connectivity index (χ0v) is 7.83. The summed E-state index contributed by atoms with van der Waals surface area (Å²) in [5.41, 5.74) is 3.60. The Balaban J connectivity index is 2.93. The van der Waals surface area contributed by atoms with E-state index in [-0.39, 0.29) is 0 Å². The van der Waals surface area contributed by atoms with E-state index in [1.165, 1.54) is 0 Å². The average molecular weight is 182 g/mol. The summed E-state index contributed by atoms with van der Waals surface area (Å²) in [4.78, 5) is 0. The smallest absolute Gasteiger partial charge is 0.122 e. The Morgan fingerprint density at radius 3 is 2.08 bits per heavy atom. The monoisotopic (exact) mass is 182 g/mol. The Bertz CT molecular complexity index is 254. The van der Waals surface area contributed by atoms with E-state index >= 15 is 0 Å². The molecule has 0 aromatic heterocycles. The van der Waals surface area contributed by atoms with Crippen molar-refractivity contribution in [3.8, 4) is 11.5 Å². The predicted octanol–water partition coefficient (Wildman–Crippen LogP) is 0.667. The fourth-order valence-corrected chi connectivity index (χ4v) is 1.09. The zero-order valence-electron chi connectivity index (χ0n) is 7.83. The van der Waals surface area contributed by atoms with Crippen LogP contribution >= 0.6 is 0 Å². The first-order valence-electron chi connectivity index (χ1n) is 3.95. The molecule has 0 bridgehead atoms. The van der Waals surface area contributed by atoms with Crippen LogP contribution < -0.4 is 20.7 Å². The van der Waals surface area contributed by atoms with Crippen molar-refractivity contribution in [1.82, 2.24) is 5.43 Å². The Morgan fingerprint density at radius 1 is 1.15 bits per heavy atom. The van der Waals surface area contributed by atoms with Gasteiger partial charge in [0.15, 0.2) is 0 Å². The van der Waals surface area contributed by atoms with Crippen LogP contribution in [0.3, 0.4) is 0 Å². The molecule has 1 aromatic carbocycles. The molecule has 72 valence electrons. The number of hydrogen-bond acceptors (Lipinski definition) is 4. The topological polar surface area (TPSA) is 56.5 Å². The third-order valence-corrected chi connectivity index (χ3v) is 1.72. The number of nitrogens with two attached hydrogens (primary N) is 1. The van der Waals surface area contributed by atoms with Crippen LogP contribution in [0.15, 0.2) is 18.2 Å². The van der Waals surface area contributed by atoms with E-state index in [1.54, 1.807) is 14.2 Å². The van der Waals surface area contributed by atoms with Gasteiger partial charge < -0.3 is 9.47 Å². The molecule has 0 aliphatic rings. The van der Waals surface area contributed by atoms with Crippen LogP contribution in [0.2, 0.25) is 0 Å². The van der Waals surface area contributed by atoms with Crippen LogP contribution in [0.4, 0.5) is 0 Å². The molecule has 0 saturated heterocycles. The Morgan fingerprint density at radius 2 is 1.69 bits per heavy atom. The summed E-state index contributed by atoms with van der Waals surface area (Å²) in [7, 11) is 3.24. The highest BCUT2D eigenvalue weighted by Gasteiger charge is 2.00. The molecule has 4 nitrogen and oxygen atoms in total. The van der Waals surface area contributed by atoms with E-state index in [9.17, 15) is 0 Å². The van der Waals surface area contributed by atoms with E-state index in [0.29, 0.717) is 6.54 Å². The molecule has 4 heteroatoms. The summed E-state index contributed by atoms with van der Waals surface area (Å²) in [5, 5.41) is 0. The summed E-state index contributed by atoms with van der Waals surface area (Å²) in [5.74, 6) is 6.75. The van der Waals surface area contributed by atoms with Gasteiger partial charge in [0.05, 0.1) is 14.2 Å². The molecule has 0 aliphatic heterocycles. The molecule has 0 radical (unpaired) electrons. The fourth-order valence-electron chi connectivity index (χ4n) is 1.09. The zero-order chi connectivity index (χ0) is 9.68. The number of methoxy groups -OCH3 is 2. The standard InChI is InChI=1S/C9H14N2O2/c1-12-8-3-7(6-11-10)4-9(5-8)13-2/h3-5,11H,6,10H2,1-2H3. The van der Waals surface area contributed by atoms with E-state index in [0.717, 1.165) is 17.1 Å². The van der Waals surface area contributed by atoms with Gasteiger partial charge in [-0.3, -0.25) is 11.3 Å². The fraction of sp³-hybridized carbons (Fsp3) is 0.333. The highest BCUT2D eigenvalue weighted by Crippen LogP contribution is 2.21. The van der Waals surface area contributed by atoms with Gasteiger partial charge in [-0.25, -0.2) is 0 Å². The molecule has 0 saturated carbocycles. The first-order valence-corrected chi connectivity index (χ1v) is 3.95. The lowest BCUT2D eigenvalue weighted by atomic mass is 10.2. The summed E-state index contributed by atoms with van der Waals surface area (Å²) in [6.07, 6.45) is 0. The maximum atomic E-state index is 5.21. The first kappa shape index (κ1) is 9.83. The second kappa shape index (κ2) is 4.69. The van der Waals surface area contributed by atoms with E-state index in [1.807, 2.05) is 18.2 Å². The van der Waals surface area contributed by atoms with Gasteiger partial charge >= 0.3 is 0 Å². The molecule has 3 N–H and O–H groups in total. The lowest BCUT2D eigenvalue weighted by molar-refractivity contribution is 0.393. The van der Waals surface area contributed by atoms with Crippen LogP contribution in [0, 0.1) is 0 Å². The number of hydrazine groups is 1. The van der Waals surface area contributed by atoms with Gasteiger partial charge in [-0.05, 0) is 17.7 Å². The lowest BCUT2D eigenvalue weighted by Crippen LogP contribution is -2.20. The van der Waals surface area contributed by atoms with Crippen molar-refractivity contribution in [2.45, 2.75) is 6.54 Å². The Hall–Kier alpha value is -1.26. The molecule has 0 heterocycles. The number of ether oxygens (including phenoxy) is 2. The van der Waals surface area contributed by atoms with E-state index in [4.69, 9.17) is 15.3 Å². The number of rotatable bonds is 4. The largest absolute Gasteiger partial charge is 0.497 e. The third-order valence-electron chi connectivity index (χ3n) is 1.72. The van der Waals surface area contributed by atoms with Crippen molar-refractivity contribution in [2.75, 3.05) is 14.2 Å². The van der Waals surface area contributed by atoms with Crippen molar-refractivity contribution in [3.63, 3.8) is 0 Å². The van der Waals surface area contributed by atoms with Crippen LogP contribution in [0.25, 0.3) is 0 Å². The minimum atomic E-state index is 0.591. The minimum absolute atomic E-state index is 0.591. The SMILES string of the molecule is COc1cc(CNN)cc(OC)c1. The van der Waals surface area contributed by atoms with Crippen molar-refractivity contribution in [1.29, 1.82) is 0 Å². The van der Waals surface area contributed by atoms with Crippen molar-refractivity contribution in [2.24, 2.45) is 5.84 Å². The van der Waals surface area contributed by atoms with Crippen LogP contribution in [-0.2, 0) is 6.54 Å². The predicted molar refractivity (Wildman–Crippen MR) is 50.6 cm³/mol. The minimum Gasteiger partial charge on any atom is -0.497 e. The van der Waals surface area contributed by atoms with Crippen LogP contribution in [-0.4, -0.2) is 14.2 Å². The highest BCUT2D eigenvalue weighted by atomic mass is 16.5. The van der Waals surface area contributed by atoms with Gasteiger partial charge in [0, 0.05) is 12.6 Å². The van der Waals surface area contributed by atoms with Crippen LogP contribution in [0.1, 0.15) is 5.56 Å². The molecule has 0 spiro atoms. The molecule has 0 aliphatic carbocycles. The average Bonchev–Trinajstić information content (AvgIpc) is 2.17. The molecule has 1 aromatic rings. The molecule has 0 atom stereocenters. The summed E-state index contributed by atoms with van der Waals surface area (Å²) >= 11 is 0. The van der Waals surface area contributed by atoms with Gasteiger partial charge in [-0.15, -0.1) is 0 Å². The van der Waals surface area contributed by atoms with E-state index < -0.39 is 0 Å². The highest BCUT2D eigenvalue weighted by molar-refractivity contribution is 5.38. The normalized spacial score (nSPS) is 9.77. The maximum Gasteiger partial charge on any atom is 0.122 e. The molecule has 1 rings (SSSR count). The van der Waals surface area contributed by atoms with Crippen LogP contribution in [0.5, 0.6) is 11.5 Å². The molecule has 0 unspecified atom stereocenters. The van der Waals surface area contributed by atoms with Crippen molar-refractivity contribution >= 4 is 0 Å². The van der Waals surface area contributed by atoms with Gasteiger partial charge in [0.2, 0.25) is 0 Å². The first-order chi connectivity index (χ1) is 6.30. The Kier molecular flexibility index (Phi) is 3.54. The quantitative estimate of drug-likeness (QED) is 0.530. The second-order valence-corrected chi connectivity index (χ2v) is 2.60. The maximum absolute atomic E-state index is 5.21. The van der Waals surface area contributed by atoms with Crippen molar-refractivity contribution in [3.05, 3.63) is 23.8 Å². The van der Waals surface area contributed by atoms with E-state index in [2.05, 4.69) is 5.43 Å². The van der Waals surface area contributed by atoms with Gasteiger partial charge in [0.1, 0.15) is 11.5 Å². The lowest BCUT2D eigenvalue weighted by Gasteiger charge is -2.07.